The van der Waals surface area contributed by atoms with E-state index in [9.17, 15) is 20.0 Å². The molecule has 1 N–H and O–H groups in total. The van der Waals surface area contributed by atoms with E-state index in [0.717, 1.165) is 31.2 Å². The molecule has 0 atom stereocenters. The molecule has 1 saturated carbocycles. The van der Waals surface area contributed by atoms with E-state index in [4.69, 9.17) is 0 Å². The van der Waals surface area contributed by atoms with Gasteiger partial charge in [-0.25, -0.2) is 0 Å². The Balaban J connectivity index is 2.28. The van der Waals surface area contributed by atoms with Crippen molar-refractivity contribution in [3.8, 4) is 0 Å². The van der Waals surface area contributed by atoms with Gasteiger partial charge in [0.2, 0.25) is 0 Å². The highest BCUT2D eigenvalue weighted by atomic mass is 79.9. The van der Waals surface area contributed by atoms with E-state index >= 15 is 0 Å². The van der Waals surface area contributed by atoms with E-state index in [2.05, 4.69) is 15.9 Å². The van der Waals surface area contributed by atoms with Crippen molar-refractivity contribution in [3.05, 3.63) is 38.3 Å². The van der Waals surface area contributed by atoms with E-state index in [1.54, 1.807) is 6.07 Å². The lowest BCUT2D eigenvalue weighted by molar-refractivity contribution is -0.384. The second-order valence-electron chi connectivity index (χ2n) is 5.71. The monoisotopic (exact) mass is 355 g/mol. The lowest BCUT2D eigenvalue weighted by Crippen LogP contribution is -2.33. The molecule has 0 bridgehead atoms. The van der Waals surface area contributed by atoms with Gasteiger partial charge < -0.3 is 5.11 Å². The summed E-state index contributed by atoms with van der Waals surface area (Å²) < 4.78 is 0.613. The van der Waals surface area contributed by atoms with Gasteiger partial charge in [-0.15, -0.1) is 0 Å². The molecule has 0 spiro atoms. The Hall–Kier alpha value is -1.43. The van der Waals surface area contributed by atoms with Crippen LogP contribution >= 0.6 is 15.9 Å². The first-order valence-corrected chi connectivity index (χ1v) is 7.90. The highest BCUT2D eigenvalue weighted by Crippen LogP contribution is 2.40. The Morgan fingerprint density at radius 3 is 2.38 bits per heavy atom. The second-order valence-corrected chi connectivity index (χ2v) is 6.56. The smallest absolute Gasteiger partial charge is 0.309 e. The maximum atomic E-state index is 11.8. The summed E-state index contributed by atoms with van der Waals surface area (Å²) in [5.74, 6) is -0.755. The normalized spacial score (nSPS) is 18.0. The highest BCUT2D eigenvalue weighted by Gasteiger charge is 2.39. The van der Waals surface area contributed by atoms with Gasteiger partial charge in [-0.2, -0.15) is 0 Å². The van der Waals surface area contributed by atoms with Crippen LogP contribution in [0, 0.1) is 15.5 Å². The SMILES string of the molecule is O=C(O)C1(Cc2ccc([N+](=O)[O-])cc2Br)CCCCCC1. The number of aliphatic carboxylic acids is 1. The number of benzene rings is 1. The van der Waals surface area contributed by atoms with Crippen LogP contribution in [0.1, 0.15) is 44.1 Å². The number of hydrogen-bond donors (Lipinski definition) is 1. The summed E-state index contributed by atoms with van der Waals surface area (Å²) in [6.45, 7) is 0. The average molecular weight is 356 g/mol. The molecule has 0 saturated heterocycles. The van der Waals surface area contributed by atoms with Gasteiger partial charge in [0.15, 0.2) is 0 Å². The molecule has 0 radical (unpaired) electrons. The number of halogens is 1. The van der Waals surface area contributed by atoms with Gasteiger partial charge in [0.05, 0.1) is 10.3 Å². The van der Waals surface area contributed by atoms with Crippen molar-refractivity contribution in [2.45, 2.75) is 44.9 Å². The number of rotatable bonds is 4. The summed E-state index contributed by atoms with van der Waals surface area (Å²) in [7, 11) is 0. The first-order valence-electron chi connectivity index (χ1n) is 7.11. The van der Waals surface area contributed by atoms with Gasteiger partial charge in [0.25, 0.3) is 5.69 Å². The first-order chi connectivity index (χ1) is 9.94. The Morgan fingerprint density at radius 1 is 1.29 bits per heavy atom. The quantitative estimate of drug-likeness (QED) is 0.495. The molecule has 0 unspecified atom stereocenters. The van der Waals surface area contributed by atoms with Gasteiger partial charge >= 0.3 is 5.97 Å². The number of nitro benzene ring substituents is 1. The minimum Gasteiger partial charge on any atom is -0.481 e. The average Bonchev–Trinajstić information content (AvgIpc) is 2.67. The van der Waals surface area contributed by atoms with E-state index in [1.807, 2.05) is 0 Å². The lowest BCUT2D eigenvalue weighted by Gasteiger charge is -2.28. The van der Waals surface area contributed by atoms with Crippen LogP contribution in [0.4, 0.5) is 5.69 Å². The second kappa shape index (κ2) is 6.56. The maximum absolute atomic E-state index is 11.8. The van der Waals surface area contributed by atoms with Crippen molar-refractivity contribution in [1.82, 2.24) is 0 Å². The van der Waals surface area contributed by atoms with E-state index in [1.165, 1.54) is 12.1 Å². The molecule has 1 fully saturated rings. The topological polar surface area (TPSA) is 80.4 Å². The molecule has 5 nitrogen and oxygen atoms in total. The van der Waals surface area contributed by atoms with Crippen molar-refractivity contribution in [1.29, 1.82) is 0 Å². The zero-order chi connectivity index (χ0) is 15.5. The van der Waals surface area contributed by atoms with Gasteiger partial charge in [0.1, 0.15) is 0 Å². The standard InChI is InChI=1S/C15H18BrNO4/c16-13-9-12(17(20)21)6-5-11(13)10-15(14(18)19)7-3-1-2-4-8-15/h5-6,9H,1-4,7-8,10H2,(H,18,19). The molecule has 0 aliphatic heterocycles. The predicted octanol–water partition coefficient (Wildman–Crippen LogP) is 4.33. The van der Waals surface area contributed by atoms with Crippen molar-refractivity contribution < 1.29 is 14.8 Å². The number of carboxylic acids is 1. The zero-order valence-electron chi connectivity index (χ0n) is 11.7. The van der Waals surface area contributed by atoms with Gasteiger partial charge in [0, 0.05) is 16.6 Å². The van der Waals surface area contributed by atoms with Crippen LogP contribution < -0.4 is 0 Å². The molecule has 1 aromatic rings. The van der Waals surface area contributed by atoms with Gasteiger partial charge in [-0.1, -0.05) is 47.7 Å². The van der Waals surface area contributed by atoms with Crippen LogP contribution in [0.2, 0.25) is 0 Å². The molecule has 1 aliphatic carbocycles. The minimum absolute atomic E-state index is 0.0101. The summed E-state index contributed by atoms with van der Waals surface area (Å²) in [6, 6.07) is 4.55. The Kier molecular flexibility index (Phi) is 4.98. The third-order valence-electron chi connectivity index (χ3n) is 4.29. The number of non-ortho nitro benzene ring substituents is 1. The van der Waals surface area contributed by atoms with Crippen LogP contribution in [0.15, 0.2) is 22.7 Å². The van der Waals surface area contributed by atoms with Crippen LogP contribution in [0.25, 0.3) is 0 Å². The Bertz CT molecular complexity index is 551. The van der Waals surface area contributed by atoms with Crippen molar-refractivity contribution in [2.75, 3.05) is 0 Å². The number of hydrogen-bond acceptors (Lipinski definition) is 3. The lowest BCUT2D eigenvalue weighted by atomic mass is 9.75. The van der Waals surface area contributed by atoms with Crippen LogP contribution in [-0.4, -0.2) is 16.0 Å². The summed E-state index contributed by atoms with van der Waals surface area (Å²) in [5.41, 5.74) is 0.0931. The van der Waals surface area contributed by atoms with E-state index in [0.29, 0.717) is 23.7 Å². The molecule has 0 heterocycles. The fourth-order valence-corrected chi connectivity index (χ4v) is 3.54. The third kappa shape index (κ3) is 3.61. The number of nitrogens with zero attached hydrogens (tertiary/aromatic N) is 1. The first kappa shape index (κ1) is 15.9. The zero-order valence-corrected chi connectivity index (χ0v) is 13.3. The summed E-state index contributed by atoms with van der Waals surface area (Å²) >= 11 is 3.34. The molecule has 2 rings (SSSR count). The molecule has 0 amide bonds. The molecule has 1 aliphatic rings. The number of carbonyl (C=O) groups is 1. The molecule has 0 aromatic heterocycles. The minimum atomic E-state index is -0.755. The van der Waals surface area contributed by atoms with Crippen molar-refractivity contribution >= 4 is 27.6 Å². The van der Waals surface area contributed by atoms with E-state index in [-0.39, 0.29) is 5.69 Å². The molecule has 114 valence electrons. The molecular weight excluding hydrogens is 338 g/mol. The van der Waals surface area contributed by atoms with Gasteiger partial charge in [-0.05, 0) is 24.8 Å². The molecular formula is C15H18BrNO4. The summed E-state index contributed by atoms with van der Waals surface area (Å²) in [4.78, 5) is 22.1. The number of carboxylic acid groups (broad SMARTS) is 1. The molecule has 1 aromatic carbocycles. The van der Waals surface area contributed by atoms with Crippen LogP contribution in [-0.2, 0) is 11.2 Å². The van der Waals surface area contributed by atoms with Gasteiger partial charge in [-0.3, -0.25) is 14.9 Å². The summed E-state index contributed by atoms with van der Waals surface area (Å²) in [5, 5.41) is 20.4. The molecule has 21 heavy (non-hydrogen) atoms. The summed E-state index contributed by atoms with van der Waals surface area (Å²) in [6.07, 6.45) is 5.78. The number of nitro groups is 1. The molecule has 6 heteroatoms. The fourth-order valence-electron chi connectivity index (χ4n) is 3.03. The maximum Gasteiger partial charge on any atom is 0.309 e. The predicted molar refractivity (Wildman–Crippen MR) is 82.3 cm³/mol. The van der Waals surface area contributed by atoms with Crippen LogP contribution in [0.5, 0.6) is 0 Å². The van der Waals surface area contributed by atoms with Crippen LogP contribution in [0.3, 0.4) is 0 Å². The van der Waals surface area contributed by atoms with Crippen molar-refractivity contribution in [2.24, 2.45) is 5.41 Å². The highest BCUT2D eigenvalue weighted by molar-refractivity contribution is 9.10. The fraction of sp³-hybridized carbons (Fsp3) is 0.533. The van der Waals surface area contributed by atoms with E-state index < -0.39 is 16.3 Å². The largest absolute Gasteiger partial charge is 0.481 e. The Morgan fingerprint density at radius 2 is 1.90 bits per heavy atom. The third-order valence-corrected chi connectivity index (χ3v) is 5.03. The Labute approximate surface area is 131 Å². The van der Waals surface area contributed by atoms with Crippen molar-refractivity contribution in [3.63, 3.8) is 0 Å².